The molecule has 0 atom stereocenters. The second kappa shape index (κ2) is 8.03. The van der Waals surface area contributed by atoms with Crippen molar-refractivity contribution in [3.63, 3.8) is 0 Å². The number of benzene rings is 1. The third kappa shape index (κ3) is 5.18. The van der Waals surface area contributed by atoms with E-state index in [1.807, 2.05) is 44.2 Å². The van der Waals surface area contributed by atoms with Crippen molar-refractivity contribution in [1.29, 1.82) is 0 Å². The standard InChI is InChI=1S/C17H21N3O3/c1-4-22-17(21)20-16-10-9-13(11-18-16)19-14-7-5-6-8-15(14)23-12(2)3/h5-12,19H,4H2,1-3H3,(H,18,20,21). The Morgan fingerprint density at radius 3 is 2.65 bits per heavy atom. The Labute approximate surface area is 135 Å². The topological polar surface area (TPSA) is 72.5 Å². The Morgan fingerprint density at radius 1 is 1.22 bits per heavy atom. The van der Waals surface area contributed by atoms with Crippen molar-refractivity contribution in [3.8, 4) is 5.75 Å². The van der Waals surface area contributed by atoms with Crippen LogP contribution in [-0.2, 0) is 4.74 Å². The summed E-state index contributed by atoms with van der Waals surface area (Å²) in [5.41, 5.74) is 1.65. The molecule has 2 aromatic rings. The van der Waals surface area contributed by atoms with E-state index < -0.39 is 6.09 Å². The van der Waals surface area contributed by atoms with Crippen molar-refractivity contribution >= 4 is 23.3 Å². The van der Waals surface area contributed by atoms with Crippen LogP contribution < -0.4 is 15.4 Å². The van der Waals surface area contributed by atoms with Crippen LogP contribution in [0.3, 0.4) is 0 Å². The lowest BCUT2D eigenvalue weighted by atomic mass is 10.2. The molecule has 2 N–H and O–H groups in total. The van der Waals surface area contributed by atoms with Gasteiger partial charge < -0.3 is 14.8 Å². The van der Waals surface area contributed by atoms with Gasteiger partial charge in [-0.25, -0.2) is 9.78 Å². The fourth-order valence-corrected chi connectivity index (χ4v) is 1.90. The summed E-state index contributed by atoms with van der Waals surface area (Å²) < 4.78 is 10.6. The number of para-hydroxylation sites is 2. The maximum absolute atomic E-state index is 11.3. The van der Waals surface area contributed by atoms with Crippen LogP contribution in [-0.4, -0.2) is 23.8 Å². The minimum absolute atomic E-state index is 0.0900. The first kappa shape index (κ1) is 16.6. The number of nitrogens with zero attached hydrogens (tertiary/aromatic N) is 1. The van der Waals surface area contributed by atoms with E-state index in [4.69, 9.17) is 9.47 Å². The van der Waals surface area contributed by atoms with Crippen molar-refractivity contribution in [1.82, 2.24) is 4.98 Å². The molecule has 0 aliphatic carbocycles. The molecule has 2 rings (SSSR count). The van der Waals surface area contributed by atoms with Gasteiger partial charge in [0.15, 0.2) is 0 Å². The number of anilines is 3. The minimum atomic E-state index is -0.517. The van der Waals surface area contributed by atoms with Crippen molar-refractivity contribution in [2.45, 2.75) is 26.9 Å². The Balaban J connectivity index is 2.05. The number of hydrogen-bond donors (Lipinski definition) is 2. The number of aromatic nitrogens is 1. The molecule has 6 heteroatoms. The highest BCUT2D eigenvalue weighted by Crippen LogP contribution is 2.28. The largest absolute Gasteiger partial charge is 0.489 e. The smallest absolute Gasteiger partial charge is 0.412 e. The van der Waals surface area contributed by atoms with E-state index in [1.54, 1.807) is 19.2 Å². The zero-order valence-corrected chi connectivity index (χ0v) is 13.5. The summed E-state index contributed by atoms with van der Waals surface area (Å²) >= 11 is 0. The fraction of sp³-hybridized carbons (Fsp3) is 0.294. The summed E-state index contributed by atoms with van der Waals surface area (Å²) in [5.74, 6) is 1.21. The second-order valence-corrected chi connectivity index (χ2v) is 5.07. The molecule has 0 spiro atoms. The van der Waals surface area contributed by atoms with Gasteiger partial charge in [-0.05, 0) is 45.0 Å². The van der Waals surface area contributed by atoms with E-state index in [-0.39, 0.29) is 6.10 Å². The third-order valence-electron chi connectivity index (χ3n) is 2.80. The second-order valence-electron chi connectivity index (χ2n) is 5.07. The van der Waals surface area contributed by atoms with Crippen LogP contribution in [0.5, 0.6) is 5.75 Å². The SMILES string of the molecule is CCOC(=O)Nc1ccc(Nc2ccccc2OC(C)C)cn1. The van der Waals surface area contributed by atoms with Crippen LogP contribution in [0.25, 0.3) is 0 Å². The number of hydrogen-bond acceptors (Lipinski definition) is 5. The minimum Gasteiger partial charge on any atom is -0.489 e. The molecule has 0 bridgehead atoms. The van der Waals surface area contributed by atoms with Gasteiger partial charge in [0.2, 0.25) is 0 Å². The summed E-state index contributed by atoms with van der Waals surface area (Å²) in [6.07, 6.45) is 1.21. The number of carbonyl (C=O) groups is 1. The first-order valence-corrected chi connectivity index (χ1v) is 7.51. The molecule has 0 radical (unpaired) electrons. The van der Waals surface area contributed by atoms with Gasteiger partial charge in [0.25, 0.3) is 0 Å². The molecule has 0 saturated carbocycles. The van der Waals surface area contributed by atoms with Gasteiger partial charge >= 0.3 is 6.09 Å². The van der Waals surface area contributed by atoms with Gasteiger partial charge in [0.1, 0.15) is 11.6 Å². The molecular weight excluding hydrogens is 294 g/mol. The van der Waals surface area contributed by atoms with E-state index >= 15 is 0 Å². The molecule has 6 nitrogen and oxygen atoms in total. The normalized spacial score (nSPS) is 10.3. The molecule has 0 aliphatic heterocycles. The van der Waals surface area contributed by atoms with Crippen molar-refractivity contribution in [2.75, 3.05) is 17.2 Å². The molecular formula is C17H21N3O3. The number of ether oxygens (including phenoxy) is 2. The Kier molecular flexibility index (Phi) is 5.80. The van der Waals surface area contributed by atoms with Gasteiger partial charge in [-0.15, -0.1) is 0 Å². The lowest BCUT2D eigenvalue weighted by Crippen LogP contribution is -2.14. The predicted molar refractivity (Wildman–Crippen MR) is 90.4 cm³/mol. The van der Waals surface area contributed by atoms with Crippen LogP contribution in [0, 0.1) is 0 Å². The van der Waals surface area contributed by atoms with Crippen LogP contribution in [0.2, 0.25) is 0 Å². The monoisotopic (exact) mass is 315 g/mol. The predicted octanol–water partition coefficient (Wildman–Crippen LogP) is 4.18. The van der Waals surface area contributed by atoms with Gasteiger partial charge in [-0.1, -0.05) is 12.1 Å². The summed E-state index contributed by atoms with van der Waals surface area (Å²) in [6.45, 7) is 6.02. The highest BCUT2D eigenvalue weighted by Gasteiger charge is 2.06. The first-order chi connectivity index (χ1) is 11.1. The first-order valence-electron chi connectivity index (χ1n) is 7.51. The third-order valence-corrected chi connectivity index (χ3v) is 2.80. The summed E-state index contributed by atoms with van der Waals surface area (Å²) in [4.78, 5) is 15.5. The van der Waals surface area contributed by atoms with Crippen LogP contribution in [0.4, 0.5) is 22.0 Å². The van der Waals surface area contributed by atoms with E-state index in [2.05, 4.69) is 15.6 Å². The molecule has 1 aromatic heterocycles. The van der Waals surface area contributed by atoms with Crippen molar-refractivity contribution in [2.24, 2.45) is 0 Å². The highest BCUT2D eigenvalue weighted by molar-refractivity contribution is 5.83. The van der Waals surface area contributed by atoms with Gasteiger partial charge in [-0.2, -0.15) is 0 Å². The van der Waals surface area contributed by atoms with Crippen molar-refractivity contribution in [3.05, 3.63) is 42.6 Å². The molecule has 1 heterocycles. The average molecular weight is 315 g/mol. The van der Waals surface area contributed by atoms with Crippen LogP contribution in [0.15, 0.2) is 42.6 Å². The van der Waals surface area contributed by atoms with Gasteiger partial charge in [0.05, 0.1) is 30.3 Å². The molecule has 1 aromatic carbocycles. The van der Waals surface area contributed by atoms with E-state index in [9.17, 15) is 4.79 Å². The summed E-state index contributed by atoms with van der Waals surface area (Å²) in [6, 6.07) is 11.2. The Morgan fingerprint density at radius 2 is 2.00 bits per heavy atom. The lowest BCUT2D eigenvalue weighted by Gasteiger charge is -2.15. The lowest BCUT2D eigenvalue weighted by molar-refractivity contribution is 0.168. The molecule has 1 amide bonds. The van der Waals surface area contributed by atoms with Gasteiger partial charge in [-0.3, -0.25) is 5.32 Å². The van der Waals surface area contributed by atoms with Crippen LogP contribution in [0.1, 0.15) is 20.8 Å². The fourth-order valence-electron chi connectivity index (χ4n) is 1.90. The number of rotatable bonds is 6. The molecule has 0 unspecified atom stereocenters. The van der Waals surface area contributed by atoms with E-state index in [0.29, 0.717) is 12.4 Å². The highest BCUT2D eigenvalue weighted by atomic mass is 16.5. The van der Waals surface area contributed by atoms with Crippen molar-refractivity contribution < 1.29 is 14.3 Å². The molecule has 0 fully saturated rings. The maximum atomic E-state index is 11.3. The van der Waals surface area contributed by atoms with E-state index in [1.165, 1.54) is 0 Å². The molecule has 0 saturated heterocycles. The summed E-state index contributed by atoms with van der Waals surface area (Å²) in [5, 5.41) is 5.80. The maximum Gasteiger partial charge on any atom is 0.412 e. The molecule has 122 valence electrons. The number of pyridine rings is 1. The van der Waals surface area contributed by atoms with E-state index in [0.717, 1.165) is 17.1 Å². The average Bonchev–Trinajstić information content (AvgIpc) is 2.51. The zero-order chi connectivity index (χ0) is 16.7. The Bertz CT molecular complexity index is 642. The quantitative estimate of drug-likeness (QED) is 0.836. The molecule has 0 aliphatic rings. The summed E-state index contributed by atoms with van der Waals surface area (Å²) in [7, 11) is 0. The Hall–Kier alpha value is -2.76. The van der Waals surface area contributed by atoms with Gasteiger partial charge in [0, 0.05) is 0 Å². The zero-order valence-electron chi connectivity index (χ0n) is 13.5. The number of carbonyl (C=O) groups excluding carboxylic acids is 1. The molecule has 23 heavy (non-hydrogen) atoms. The number of amides is 1. The number of nitrogens with one attached hydrogen (secondary N) is 2. The van der Waals surface area contributed by atoms with Crippen LogP contribution >= 0.6 is 0 Å².